The summed E-state index contributed by atoms with van der Waals surface area (Å²) in [5, 5.41) is 29.5. The highest BCUT2D eigenvalue weighted by Crippen LogP contribution is 2.36. The molecule has 110 valence electrons. The van der Waals surface area contributed by atoms with Gasteiger partial charge in [0, 0.05) is 6.20 Å². The molecular weight excluding hydrogens is 278 g/mol. The van der Waals surface area contributed by atoms with E-state index in [-0.39, 0.29) is 11.4 Å². The van der Waals surface area contributed by atoms with Gasteiger partial charge in [0.2, 0.25) is 0 Å². The number of aromatic nitrogens is 2. The quantitative estimate of drug-likeness (QED) is 0.440. The molecule has 4 atom stereocenters. The molecule has 1 aliphatic rings. The van der Waals surface area contributed by atoms with Crippen LogP contribution in [0.15, 0.2) is 11.0 Å². The Hall–Kier alpha value is -2.36. The lowest BCUT2D eigenvalue weighted by atomic mass is 9.97. The summed E-state index contributed by atoms with van der Waals surface area (Å²) >= 11 is 0. The second-order valence-electron chi connectivity index (χ2n) is 4.49. The van der Waals surface area contributed by atoms with Gasteiger partial charge in [-0.3, -0.25) is 4.57 Å². The van der Waals surface area contributed by atoms with E-state index in [1.165, 1.54) is 0 Å². The highest BCUT2D eigenvalue weighted by atomic mass is 16.6. The van der Waals surface area contributed by atoms with Crippen LogP contribution in [0.1, 0.15) is 13.2 Å². The summed E-state index contributed by atoms with van der Waals surface area (Å²) in [6.07, 6.45) is 3.51. The molecule has 1 unspecified atom stereocenters. The van der Waals surface area contributed by atoms with Crippen LogP contribution < -0.4 is 11.4 Å². The summed E-state index contributed by atoms with van der Waals surface area (Å²) in [5.74, 6) is 4.24. The molecule has 8 nitrogen and oxygen atoms in total. The molecule has 1 aromatic rings. The number of aliphatic hydroxyl groups excluding tert-OH is 3. The van der Waals surface area contributed by atoms with Crippen molar-refractivity contribution >= 4 is 5.82 Å². The van der Waals surface area contributed by atoms with Crippen molar-refractivity contribution in [2.24, 2.45) is 0 Å². The van der Waals surface area contributed by atoms with Crippen LogP contribution in [-0.4, -0.2) is 49.3 Å². The van der Waals surface area contributed by atoms with Gasteiger partial charge in [0.15, 0.2) is 11.8 Å². The molecule has 2 rings (SSSR count). The van der Waals surface area contributed by atoms with Crippen molar-refractivity contribution in [1.82, 2.24) is 9.55 Å². The summed E-state index contributed by atoms with van der Waals surface area (Å²) < 4.78 is 13.1. The molecule has 8 heteroatoms. The first kappa shape index (κ1) is 13.6. The Kier molecular flexibility index (Phi) is 3.37. The maximum Gasteiger partial charge on any atom is 0.351 e. The summed E-state index contributed by atoms with van der Waals surface area (Å²) in [4.78, 5) is 15.4. The zero-order chi connectivity index (χ0) is 16.5. The van der Waals surface area contributed by atoms with Crippen LogP contribution in [0.3, 0.4) is 0 Å². The minimum absolute atomic E-state index is 0.0953. The molecule has 1 fully saturated rings. The predicted molar refractivity (Wildman–Crippen MR) is 71.6 cm³/mol. The Balaban J connectivity index is 2.53. The normalized spacial score (nSPS) is 31.9. The minimum Gasteiger partial charge on any atom is -0.392 e. The van der Waals surface area contributed by atoms with Crippen molar-refractivity contribution < 1.29 is 21.4 Å². The Morgan fingerprint density at radius 1 is 1.67 bits per heavy atom. The Morgan fingerprint density at radius 3 is 2.95 bits per heavy atom. The third kappa shape index (κ3) is 2.17. The van der Waals surface area contributed by atoms with Gasteiger partial charge in [0.1, 0.15) is 19.4 Å². The maximum absolute atomic E-state index is 11.9. The summed E-state index contributed by atoms with van der Waals surface area (Å²) in [6, 6.07) is 0. The molecule has 21 heavy (non-hydrogen) atoms. The van der Waals surface area contributed by atoms with Gasteiger partial charge >= 0.3 is 5.69 Å². The molecule has 1 saturated heterocycles. The summed E-state index contributed by atoms with van der Waals surface area (Å²) in [7, 11) is 0. The molecule has 0 spiro atoms. The molecule has 1 aliphatic heterocycles. The van der Waals surface area contributed by atoms with Crippen molar-refractivity contribution in [3.05, 3.63) is 22.2 Å². The molecule has 0 amide bonds. The van der Waals surface area contributed by atoms with Crippen molar-refractivity contribution in [1.29, 1.82) is 0 Å². The van der Waals surface area contributed by atoms with Gasteiger partial charge in [0.05, 0.1) is 12.2 Å². The second kappa shape index (κ2) is 5.20. The number of hydrogen-bond donors (Lipinski definition) is 4. The maximum atomic E-state index is 11.9. The zero-order valence-electron chi connectivity index (χ0n) is 11.7. The number of anilines is 1. The third-order valence-corrected chi connectivity index (χ3v) is 3.28. The van der Waals surface area contributed by atoms with Gasteiger partial charge in [-0.1, -0.05) is 11.8 Å². The summed E-state index contributed by atoms with van der Waals surface area (Å²) in [5.41, 5.74) is 2.83. The smallest absolute Gasteiger partial charge is 0.351 e. The van der Waals surface area contributed by atoms with Gasteiger partial charge in [-0.15, -0.1) is 12.8 Å². The third-order valence-electron chi connectivity index (χ3n) is 3.28. The first-order valence-corrected chi connectivity index (χ1v) is 5.84. The first-order chi connectivity index (χ1) is 10.4. The number of nitrogens with zero attached hydrogens (tertiary/aromatic N) is 2. The first-order valence-electron chi connectivity index (χ1n) is 6.34. The molecule has 5 N–H and O–H groups in total. The molecule has 0 bridgehead atoms. The lowest BCUT2D eigenvalue weighted by molar-refractivity contribution is -0.0936. The van der Waals surface area contributed by atoms with Crippen LogP contribution in [-0.2, 0) is 4.74 Å². The average molecular weight is 292 g/mol. The molecule has 2 heterocycles. The van der Waals surface area contributed by atoms with Crippen LogP contribution in [0.25, 0.3) is 0 Å². The zero-order valence-corrected chi connectivity index (χ0v) is 10.7. The molecule has 0 radical (unpaired) electrons. The molecule has 0 aromatic carbocycles. The highest BCUT2D eigenvalue weighted by Gasteiger charge is 2.54. The van der Waals surface area contributed by atoms with Gasteiger partial charge in [-0.2, -0.15) is 4.98 Å². The molecular formula is C13H13N3O5. The predicted octanol–water partition coefficient (Wildman–Crippen LogP) is -2.58. The number of ether oxygens (including phenoxy) is 1. The van der Waals surface area contributed by atoms with Crippen LogP contribution >= 0.6 is 0 Å². The van der Waals surface area contributed by atoms with Crippen molar-refractivity contribution in [3.63, 3.8) is 0 Å². The van der Waals surface area contributed by atoms with E-state index in [1.807, 2.05) is 0 Å². The molecule has 1 aromatic heterocycles. The SMILES string of the molecule is [2H]C#C[C@]1(CO)OC(n2cc(C#C)c(N)nc2=O)[C@@H](O)[C@@H]1O. The topological polar surface area (TPSA) is 131 Å². The largest absolute Gasteiger partial charge is 0.392 e. The molecule has 0 saturated carbocycles. The van der Waals surface area contributed by atoms with E-state index in [0.717, 1.165) is 10.8 Å². The van der Waals surface area contributed by atoms with Gasteiger partial charge in [0.25, 0.3) is 0 Å². The number of aliphatic hydroxyl groups is 3. The van der Waals surface area contributed by atoms with Crippen molar-refractivity contribution in [2.45, 2.75) is 24.0 Å². The van der Waals surface area contributed by atoms with Crippen LogP contribution in [0, 0.1) is 24.7 Å². The Labute approximate surface area is 121 Å². The average Bonchev–Trinajstić information content (AvgIpc) is 2.74. The fourth-order valence-corrected chi connectivity index (χ4v) is 2.06. The Morgan fingerprint density at radius 2 is 2.38 bits per heavy atom. The number of hydrogen-bond acceptors (Lipinski definition) is 7. The van der Waals surface area contributed by atoms with Crippen LogP contribution in [0.2, 0.25) is 0 Å². The fourth-order valence-electron chi connectivity index (χ4n) is 2.06. The van der Waals surface area contributed by atoms with Crippen LogP contribution in [0.5, 0.6) is 0 Å². The van der Waals surface area contributed by atoms with Crippen molar-refractivity contribution in [2.75, 3.05) is 12.3 Å². The van der Waals surface area contributed by atoms with Gasteiger partial charge in [-0.25, -0.2) is 4.79 Å². The van der Waals surface area contributed by atoms with Crippen LogP contribution in [0.4, 0.5) is 5.82 Å². The van der Waals surface area contributed by atoms with Gasteiger partial charge in [-0.05, 0) is 0 Å². The number of nitrogen functional groups attached to an aromatic ring is 1. The van der Waals surface area contributed by atoms with E-state index in [1.54, 1.807) is 6.40 Å². The van der Waals surface area contributed by atoms with Crippen molar-refractivity contribution in [3.8, 4) is 24.7 Å². The van der Waals surface area contributed by atoms with E-state index >= 15 is 0 Å². The number of rotatable bonds is 2. The van der Waals surface area contributed by atoms with E-state index < -0.39 is 36.3 Å². The second-order valence-corrected chi connectivity index (χ2v) is 4.49. The number of terminal acetylenes is 2. The van der Waals surface area contributed by atoms with E-state index in [0.29, 0.717) is 0 Å². The lowest BCUT2D eigenvalue weighted by Crippen LogP contribution is -2.45. The van der Waals surface area contributed by atoms with Gasteiger partial charge < -0.3 is 25.8 Å². The summed E-state index contributed by atoms with van der Waals surface area (Å²) in [6.45, 7) is -0.785. The van der Waals surface area contributed by atoms with E-state index in [4.69, 9.17) is 18.3 Å². The minimum atomic E-state index is -1.89. The standard InChI is InChI=1S/C13H13N3O5/c1-3-7-5-16(12(20)15-10(7)14)11-8(18)9(19)13(4-2,6-17)21-11/h1-2,5,8-9,11,17-19H,6H2,(H2,14,15,20)/t8-,9-,11?,13+/m0/s1/i2D. The van der Waals surface area contributed by atoms with E-state index in [2.05, 4.69) is 16.8 Å². The molecule has 0 aliphatic carbocycles. The fraction of sp³-hybridized carbons (Fsp3) is 0.385. The highest BCUT2D eigenvalue weighted by molar-refractivity contribution is 5.47. The van der Waals surface area contributed by atoms with E-state index in [9.17, 15) is 20.1 Å². The lowest BCUT2D eigenvalue weighted by Gasteiger charge is -2.23. The monoisotopic (exact) mass is 292 g/mol. The Bertz CT molecular complexity index is 747. The number of nitrogens with two attached hydrogens (primary N) is 1.